The van der Waals surface area contributed by atoms with E-state index in [2.05, 4.69) is 377 Å². The van der Waals surface area contributed by atoms with Gasteiger partial charge in [-0.1, -0.05) is 442 Å². The summed E-state index contributed by atoms with van der Waals surface area (Å²) in [5.74, 6) is 5.02. The Morgan fingerprint density at radius 3 is 0.393 bits per heavy atom. The normalized spacial score (nSPS) is 10.1. The van der Waals surface area contributed by atoms with Crippen molar-refractivity contribution < 1.29 is 23.7 Å². The summed E-state index contributed by atoms with van der Waals surface area (Å²) in [6.45, 7) is 52.4. The van der Waals surface area contributed by atoms with Crippen molar-refractivity contribution in [3.63, 3.8) is 0 Å². The predicted octanol–water partition coefficient (Wildman–Crippen LogP) is 39.9. The van der Waals surface area contributed by atoms with Crippen molar-refractivity contribution in [3.8, 4) is 28.7 Å². The third kappa shape index (κ3) is 68.5. The van der Waals surface area contributed by atoms with Gasteiger partial charge in [-0.05, 0) is 341 Å². The molecule has 0 radical (unpaired) electrons. The summed E-state index contributed by atoms with van der Waals surface area (Å²) < 4.78 is 27.7. The summed E-state index contributed by atoms with van der Waals surface area (Å²) in [6, 6.07) is 95.8. The van der Waals surface area contributed by atoms with Gasteiger partial charge < -0.3 is 23.7 Å². The summed E-state index contributed by atoms with van der Waals surface area (Å²) in [6.07, 6.45) is 51.1. The Kier molecular flexibility index (Phi) is 84.3. The molecule has 11 aromatic rings. The van der Waals surface area contributed by atoms with E-state index in [-0.39, 0.29) is 0 Å². The minimum atomic E-state index is 0.813. The van der Waals surface area contributed by atoms with Crippen molar-refractivity contribution in [1.82, 2.24) is 0 Å². The van der Waals surface area contributed by atoms with Gasteiger partial charge in [-0.15, -0.1) is 0 Å². The lowest BCUT2D eigenvalue weighted by atomic mass is 10.0. The first-order chi connectivity index (χ1) is 68.5. The highest BCUT2D eigenvalue weighted by molar-refractivity contribution is 5.34. The third-order valence-electron chi connectivity index (χ3n) is 23.4. The topological polar surface area (TPSA) is 46.2 Å². The molecule has 774 valence electrons. The lowest BCUT2D eigenvalue weighted by Gasteiger charge is -2.06. The van der Waals surface area contributed by atoms with Gasteiger partial charge in [-0.25, -0.2) is 0 Å². The first kappa shape index (κ1) is 128. The van der Waals surface area contributed by atoms with Crippen LogP contribution in [0.15, 0.2) is 267 Å². The molecule has 0 amide bonds. The molecule has 0 saturated heterocycles. The van der Waals surface area contributed by atoms with Gasteiger partial charge in [0, 0.05) is 0 Å². The maximum absolute atomic E-state index is 5.58. The molecule has 0 heterocycles. The van der Waals surface area contributed by atoms with E-state index < -0.39 is 0 Å². The Morgan fingerprint density at radius 1 is 0.121 bits per heavy atom. The van der Waals surface area contributed by atoms with Crippen LogP contribution >= 0.6 is 0 Å². The van der Waals surface area contributed by atoms with Crippen molar-refractivity contribution in [2.75, 3.05) is 33.0 Å². The molecule has 11 rings (SSSR count). The molecule has 5 heteroatoms. The van der Waals surface area contributed by atoms with E-state index in [9.17, 15) is 0 Å². The largest absolute Gasteiger partial charge is 0.494 e. The van der Waals surface area contributed by atoms with Crippen LogP contribution in [0.2, 0.25) is 0 Å². The highest BCUT2D eigenvalue weighted by atomic mass is 16.5. The fourth-order valence-corrected chi connectivity index (χ4v) is 15.4. The lowest BCUT2D eigenvalue weighted by molar-refractivity contribution is 0.317. The van der Waals surface area contributed by atoms with Crippen LogP contribution in [0.5, 0.6) is 28.7 Å². The number of unbranched alkanes of at least 4 members (excludes halogenated alkanes) is 7. The number of benzene rings is 11. The smallest absolute Gasteiger partial charge is 0.119 e. The number of aryl methyl sites for hydroxylation is 17. The van der Waals surface area contributed by atoms with Crippen LogP contribution < -0.4 is 23.7 Å². The Hall–Kier alpha value is -9.58. The molecule has 0 spiro atoms. The molecule has 0 aliphatic carbocycles. The molecule has 0 aliphatic rings. The molecule has 0 bridgehead atoms. The van der Waals surface area contributed by atoms with Crippen LogP contribution in [-0.4, -0.2) is 33.0 Å². The Bertz CT molecular complexity index is 4080. The number of hydrogen-bond acceptors (Lipinski definition) is 5. The van der Waals surface area contributed by atoms with Crippen LogP contribution in [0.3, 0.4) is 0 Å². The first-order valence-corrected chi connectivity index (χ1v) is 56.6. The van der Waals surface area contributed by atoms with Crippen LogP contribution in [0.1, 0.15) is 407 Å². The summed E-state index contributed by atoms with van der Waals surface area (Å²) in [4.78, 5) is 0. The summed E-state index contributed by atoms with van der Waals surface area (Å²) in [5.41, 5.74) is 24.7. The number of hydrogen-bond donors (Lipinski definition) is 0. The number of rotatable bonds is 52. The van der Waals surface area contributed by atoms with Crippen molar-refractivity contribution in [2.24, 2.45) is 0 Å². The standard InChI is InChI=1S/C14H22.C13H20O.2C13H20.2C12H18O.3C12H18.2C11H16O/c1-3-5-8-13-10-7-11-14(12-13)9-6-4-2;1-3-5-7-12-8-6-9-13(11-12)14-10-4-2;2*1-3-5-8-13-10-6-9-12(11-13)7-4-2;2*1-3-6-11-7-5-8-12(10-11)13-9-4-2;1-3-6-11-8-5-9-12(10-11)7-4-2;2*1-3-5-7-12-9-6-8-11(4-2)10-12;2*1-3-8-12-11-7-5-6-10(4-2)9-11/h7,10-12H,3-6,8-9H2,1-2H3;6,8-9,11H,3-5,7,10H2,1-2H3;2*6,9-11H,3-5,7-8H2,1-2H3;2*5,7-8,10H,3-4,6,9H2,1-2H3;5,8-10H,3-4,6-7H2,1-2H3;2*6,8-10H,3-5,7H2,1-2H3;2*5-7,9H,3-4,8H2,1-2H3. The second-order valence-corrected chi connectivity index (χ2v) is 37.0. The van der Waals surface area contributed by atoms with Gasteiger partial charge in [-0.3, -0.25) is 0 Å². The van der Waals surface area contributed by atoms with Crippen molar-refractivity contribution in [3.05, 3.63) is 361 Å². The fraction of sp³-hybridized carbons (Fsp3) is 0.511. The molecular weight excluding hydrogens is 1700 g/mol. The molecule has 0 aliphatic heterocycles. The van der Waals surface area contributed by atoms with E-state index in [0.29, 0.717) is 0 Å². The predicted molar refractivity (Wildman–Crippen MR) is 622 cm³/mol. The zero-order valence-electron chi connectivity index (χ0n) is 93.7. The highest BCUT2D eigenvalue weighted by Gasteiger charge is 2.05. The van der Waals surface area contributed by atoms with Gasteiger partial charge in [-0.2, -0.15) is 0 Å². The summed E-state index contributed by atoms with van der Waals surface area (Å²) >= 11 is 0. The van der Waals surface area contributed by atoms with Crippen LogP contribution in [0.4, 0.5) is 0 Å². The average Bonchev–Trinajstić information content (AvgIpc) is 0.883. The lowest BCUT2D eigenvalue weighted by Crippen LogP contribution is -1.95. The molecule has 0 N–H and O–H groups in total. The summed E-state index contributed by atoms with van der Waals surface area (Å²) in [5, 5.41) is 0. The zero-order valence-corrected chi connectivity index (χ0v) is 93.7. The van der Waals surface area contributed by atoms with Gasteiger partial charge in [0.2, 0.25) is 0 Å². The molecule has 0 aromatic heterocycles. The van der Waals surface area contributed by atoms with E-state index >= 15 is 0 Å². The van der Waals surface area contributed by atoms with Crippen molar-refractivity contribution >= 4 is 0 Å². The molecule has 0 saturated carbocycles. The van der Waals surface area contributed by atoms with Crippen molar-refractivity contribution in [2.45, 2.75) is 422 Å². The van der Waals surface area contributed by atoms with Crippen LogP contribution in [0.25, 0.3) is 0 Å². The van der Waals surface area contributed by atoms with Crippen LogP contribution in [0, 0.1) is 0 Å². The van der Waals surface area contributed by atoms with E-state index in [0.717, 1.165) is 132 Å². The Balaban J connectivity index is 0.000000770. The molecule has 140 heavy (non-hydrogen) atoms. The van der Waals surface area contributed by atoms with Gasteiger partial charge in [0.05, 0.1) is 33.0 Å². The van der Waals surface area contributed by atoms with E-state index in [1.165, 1.54) is 294 Å². The molecular formula is C135H204O5. The minimum Gasteiger partial charge on any atom is -0.494 e. The fourth-order valence-electron chi connectivity index (χ4n) is 15.4. The summed E-state index contributed by atoms with van der Waals surface area (Å²) in [7, 11) is 0. The monoisotopic (exact) mass is 1910 g/mol. The van der Waals surface area contributed by atoms with E-state index in [1.807, 2.05) is 42.5 Å². The molecule has 0 unspecified atom stereocenters. The van der Waals surface area contributed by atoms with E-state index in [1.54, 1.807) is 0 Å². The van der Waals surface area contributed by atoms with Crippen molar-refractivity contribution in [1.29, 1.82) is 0 Å². The van der Waals surface area contributed by atoms with Crippen LogP contribution in [-0.2, 0) is 109 Å². The first-order valence-electron chi connectivity index (χ1n) is 56.6. The molecule has 11 aromatic carbocycles. The van der Waals surface area contributed by atoms with E-state index in [4.69, 9.17) is 23.7 Å². The second-order valence-electron chi connectivity index (χ2n) is 37.0. The van der Waals surface area contributed by atoms with Gasteiger partial charge in [0.15, 0.2) is 0 Å². The molecule has 5 nitrogen and oxygen atoms in total. The quantitative estimate of drug-likeness (QED) is 0.0380. The second kappa shape index (κ2) is 91.9. The number of ether oxygens (including phenoxy) is 5. The average molecular weight is 1910 g/mol. The third-order valence-corrected chi connectivity index (χ3v) is 23.4. The maximum Gasteiger partial charge on any atom is 0.119 e. The minimum absolute atomic E-state index is 0.813. The molecule has 0 atom stereocenters. The molecule has 0 fully saturated rings. The van der Waals surface area contributed by atoms with Gasteiger partial charge in [0.25, 0.3) is 0 Å². The maximum atomic E-state index is 5.58. The van der Waals surface area contributed by atoms with Gasteiger partial charge >= 0.3 is 0 Å². The zero-order chi connectivity index (χ0) is 103. The Labute approximate surface area is 863 Å². The Morgan fingerprint density at radius 2 is 0.243 bits per heavy atom. The highest BCUT2D eigenvalue weighted by Crippen LogP contribution is 2.23. The SMILES string of the molecule is CCCCc1cccc(CC)c1.CCCCc1cccc(CC)c1.CCCCc1cccc(CCC)c1.CCCCc1cccc(CCC)c1.CCCCc1cccc(CCCC)c1.CCCCc1cccc(OCCC)c1.CCCOc1cccc(CC)c1.CCCOc1cccc(CC)c1.CCCOc1cccc(CCC)c1.CCCOc1cccc(CCC)c1.CCCc1cccc(CCC)c1. The van der Waals surface area contributed by atoms with Gasteiger partial charge in [0.1, 0.15) is 28.7 Å².